The van der Waals surface area contributed by atoms with Gasteiger partial charge in [0.25, 0.3) is 0 Å². The predicted molar refractivity (Wildman–Crippen MR) is 72.5 cm³/mol. The summed E-state index contributed by atoms with van der Waals surface area (Å²) in [5, 5.41) is 14.0. The Hall–Kier alpha value is -1.09. The van der Waals surface area contributed by atoms with Gasteiger partial charge in [0.2, 0.25) is 4.96 Å². The monoisotopic (exact) mass is 295 g/mol. The van der Waals surface area contributed by atoms with Gasteiger partial charge in [-0.2, -0.15) is 9.61 Å². The van der Waals surface area contributed by atoms with Crippen LogP contribution >= 0.6 is 11.3 Å². The van der Waals surface area contributed by atoms with Crippen molar-refractivity contribution in [2.45, 2.75) is 37.3 Å². The summed E-state index contributed by atoms with van der Waals surface area (Å²) in [7, 11) is 0. The first kappa shape index (κ1) is 12.6. The normalized spacial score (nSPS) is 26.4. The van der Waals surface area contributed by atoms with Crippen LogP contribution in [0.15, 0.2) is 0 Å². The van der Waals surface area contributed by atoms with E-state index in [0.717, 1.165) is 48.1 Å². The van der Waals surface area contributed by atoms with Crippen molar-refractivity contribution in [1.82, 2.24) is 19.8 Å². The maximum atomic E-state index is 6.48. The predicted octanol–water partition coefficient (Wildman–Crippen LogP) is 1.00. The Labute approximate surface area is 120 Å². The molecule has 1 atom stereocenters. The Kier molecular flexibility index (Phi) is 2.99. The van der Waals surface area contributed by atoms with Crippen molar-refractivity contribution in [2.75, 3.05) is 19.8 Å². The van der Waals surface area contributed by atoms with Crippen molar-refractivity contribution in [3.63, 3.8) is 0 Å². The molecule has 2 aliphatic rings. The summed E-state index contributed by atoms with van der Waals surface area (Å²) < 4.78 is 12.9. The van der Waals surface area contributed by atoms with E-state index in [1.165, 1.54) is 11.3 Å². The fraction of sp³-hybridized carbons (Fsp3) is 0.750. The van der Waals surface area contributed by atoms with Crippen molar-refractivity contribution >= 4 is 16.3 Å². The Bertz CT molecular complexity index is 612. The number of hydrogen-bond donors (Lipinski definition) is 1. The highest BCUT2D eigenvalue weighted by Gasteiger charge is 2.35. The SMILES string of the molecule is NC1(c2nn3c(C4CCCO4)nnc3s2)CCOCC1. The maximum Gasteiger partial charge on any atom is 0.234 e. The minimum absolute atomic E-state index is 0.0170. The highest BCUT2D eigenvalue weighted by molar-refractivity contribution is 7.16. The summed E-state index contributed by atoms with van der Waals surface area (Å²) in [6.45, 7) is 2.17. The molecule has 2 aromatic rings. The van der Waals surface area contributed by atoms with Crippen LogP contribution in [0.25, 0.3) is 4.96 Å². The first-order valence-electron chi connectivity index (χ1n) is 6.97. The van der Waals surface area contributed by atoms with Crippen LogP contribution in [0.5, 0.6) is 0 Å². The van der Waals surface area contributed by atoms with Crippen LogP contribution in [-0.4, -0.2) is 39.6 Å². The van der Waals surface area contributed by atoms with E-state index in [4.69, 9.17) is 15.2 Å². The molecule has 8 heteroatoms. The van der Waals surface area contributed by atoms with Crippen LogP contribution in [0.3, 0.4) is 0 Å². The molecule has 2 saturated heterocycles. The van der Waals surface area contributed by atoms with Gasteiger partial charge in [-0.1, -0.05) is 11.3 Å². The molecule has 7 nitrogen and oxygen atoms in total. The summed E-state index contributed by atoms with van der Waals surface area (Å²) in [4.78, 5) is 0.793. The van der Waals surface area contributed by atoms with Gasteiger partial charge in [-0.25, -0.2) is 0 Å². The summed E-state index contributed by atoms with van der Waals surface area (Å²) in [6.07, 6.45) is 3.66. The van der Waals surface area contributed by atoms with Crippen LogP contribution in [-0.2, 0) is 15.0 Å². The molecule has 0 aliphatic carbocycles. The van der Waals surface area contributed by atoms with Gasteiger partial charge < -0.3 is 15.2 Å². The van der Waals surface area contributed by atoms with Gasteiger partial charge in [0.05, 0.1) is 5.54 Å². The van der Waals surface area contributed by atoms with Crippen LogP contribution in [0.2, 0.25) is 0 Å². The number of rotatable bonds is 2. The smallest absolute Gasteiger partial charge is 0.234 e. The Morgan fingerprint density at radius 1 is 1.25 bits per heavy atom. The van der Waals surface area contributed by atoms with Crippen molar-refractivity contribution in [1.29, 1.82) is 0 Å². The summed E-state index contributed by atoms with van der Waals surface area (Å²) in [6, 6.07) is 0. The molecule has 4 heterocycles. The van der Waals surface area contributed by atoms with Crippen molar-refractivity contribution in [3.05, 3.63) is 10.8 Å². The minimum Gasteiger partial charge on any atom is -0.381 e. The molecule has 20 heavy (non-hydrogen) atoms. The molecule has 0 amide bonds. The molecule has 0 saturated carbocycles. The molecule has 2 aliphatic heterocycles. The Balaban J connectivity index is 1.71. The second-order valence-electron chi connectivity index (χ2n) is 5.43. The van der Waals surface area contributed by atoms with Crippen molar-refractivity contribution in [2.24, 2.45) is 5.73 Å². The van der Waals surface area contributed by atoms with E-state index < -0.39 is 5.54 Å². The Morgan fingerprint density at radius 2 is 2.10 bits per heavy atom. The summed E-state index contributed by atoms with van der Waals surface area (Å²) in [5.74, 6) is 0.802. The lowest BCUT2D eigenvalue weighted by atomic mass is 9.92. The first-order valence-corrected chi connectivity index (χ1v) is 7.79. The minimum atomic E-state index is -0.391. The van der Waals surface area contributed by atoms with Gasteiger partial charge in [-0.05, 0) is 25.7 Å². The van der Waals surface area contributed by atoms with Crippen LogP contribution < -0.4 is 5.73 Å². The fourth-order valence-corrected chi connectivity index (χ4v) is 3.77. The average molecular weight is 295 g/mol. The number of nitrogens with zero attached hydrogens (tertiary/aromatic N) is 4. The number of aromatic nitrogens is 4. The van der Waals surface area contributed by atoms with Crippen molar-refractivity contribution < 1.29 is 9.47 Å². The van der Waals surface area contributed by atoms with Gasteiger partial charge in [-0.15, -0.1) is 10.2 Å². The first-order chi connectivity index (χ1) is 9.76. The lowest BCUT2D eigenvalue weighted by Gasteiger charge is -2.30. The molecule has 1 unspecified atom stereocenters. The molecule has 0 aromatic carbocycles. The molecule has 0 bridgehead atoms. The molecule has 2 fully saturated rings. The molecule has 0 spiro atoms. The van der Waals surface area contributed by atoms with E-state index in [0.29, 0.717) is 13.2 Å². The second kappa shape index (κ2) is 4.73. The zero-order chi connectivity index (χ0) is 13.6. The third-order valence-electron chi connectivity index (χ3n) is 4.04. The van der Waals surface area contributed by atoms with E-state index >= 15 is 0 Å². The third-order valence-corrected chi connectivity index (χ3v) is 5.16. The van der Waals surface area contributed by atoms with Crippen molar-refractivity contribution in [3.8, 4) is 0 Å². The highest BCUT2D eigenvalue weighted by atomic mass is 32.1. The zero-order valence-corrected chi connectivity index (χ0v) is 11.9. The molecule has 108 valence electrons. The third kappa shape index (κ3) is 1.95. The Morgan fingerprint density at radius 3 is 2.85 bits per heavy atom. The number of hydrogen-bond acceptors (Lipinski definition) is 7. The molecular formula is C12H17N5O2S. The van der Waals surface area contributed by atoms with Gasteiger partial charge in [0.1, 0.15) is 11.1 Å². The number of ether oxygens (including phenoxy) is 2. The van der Waals surface area contributed by atoms with Gasteiger partial charge in [0, 0.05) is 19.8 Å². The number of fused-ring (bicyclic) bond motifs is 1. The van der Waals surface area contributed by atoms with E-state index in [1.807, 2.05) is 0 Å². The zero-order valence-electron chi connectivity index (χ0n) is 11.1. The molecular weight excluding hydrogens is 278 g/mol. The lowest BCUT2D eigenvalue weighted by molar-refractivity contribution is 0.0517. The van der Waals surface area contributed by atoms with Crippen LogP contribution in [0.1, 0.15) is 42.6 Å². The van der Waals surface area contributed by atoms with Gasteiger partial charge >= 0.3 is 0 Å². The standard InChI is InChI=1S/C12H17N5O2S/c13-12(3-6-18-7-4-12)10-16-17-9(8-2-1-5-19-8)14-15-11(17)20-10/h8H,1-7,13H2. The summed E-state index contributed by atoms with van der Waals surface area (Å²) >= 11 is 1.52. The van der Waals surface area contributed by atoms with Gasteiger partial charge in [-0.3, -0.25) is 0 Å². The maximum absolute atomic E-state index is 6.48. The molecule has 0 radical (unpaired) electrons. The molecule has 4 rings (SSSR count). The fourth-order valence-electron chi connectivity index (χ4n) is 2.76. The lowest BCUT2D eigenvalue weighted by Crippen LogP contribution is -2.42. The molecule has 2 N–H and O–H groups in total. The summed E-state index contributed by atoms with van der Waals surface area (Å²) in [5.41, 5.74) is 6.09. The van der Waals surface area contributed by atoms with E-state index in [9.17, 15) is 0 Å². The van der Waals surface area contributed by atoms with E-state index in [1.54, 1.807) is 4.52 Å². The van der Waals surface area contributed by atoms with E-state index in [-0.39, 0.29) is 6.10 Å². The molecule has 2 aromatic heterocycles. The van der Waals surface area contributed by atoms with Gasteiger partial charge in [0.15, 0.2) is 5.82 Å². The average Bonchev–Trinajstić information content (AvgIpc) is 3.15. The quantitative estimate of drug-likeness (QED) is 0.889. The second-order valence-corrected chi connectivity index (χ2v) is 6.39. The topological polar surface area (TPSA) is 87.6 Å². The highest BCUT2D eigenvalue weighted by Crippen LogP contribution is 2.34. The number of nitrogens with two attached hydrogens (primary N) is 1. The van der Waals surface area contributed by atoms with E-state index in [2.05, 4.69) is 15.3 Å². The van der Waals surface area contributed by atoms with Crippen LogP contribution in [0.4, 0.5) is 0 Å². The van der Waals surface area contributed by atoms with Crippen LogP contribution in [0, 0.1) is 0 Å². The largest absolute Gasteiger partial charge is 0.381 e.